The Morgan fingerprint density at radius 3 is 3.00 bits per heavy atom. The molecule has 3 N–H and O–H groups in total. The Hall–Kier alpha value is -2.64. The van der Waals surface area contributed by atoms with E-state index in [1.54, 1.807) is 10.9 Å². The number of rotatable bonds is 5. The lowest BCUT2D eigenvalue weighted by atomic mass is 10.3. The molecular weight excluding hydrogens is 236 g/mol. The molecular formula is C10H12N6O2. The second kappa shape index (κ2) is 5.13. The van der Waals surface area contributed by atoms with Crippen LogP contribution in [0.25, 0.3) is 0 Å². The average Bonchev–Trinajstić information content (AvgIpc) is 2.81. The Bertz CT molecular complexity index is 539. The molecule has 2 heterocycles. The van der Waals surface area contributed by atoms with Crippen LogP contribution in [0.4, 0.5) is 17.3 Å². The summed E-state index contributed by atoms with van der Waals surface area (Å²) in [7, 11) is 0. The van der Waals surface area contributed by atoms with E-state index in [0.29, 0.717) is 18.9 Å². The van der Waals surface area contributed by atoms with Crippen molar-refractivity contribution >= 4 is 17.3 Å². The molecule has 2 rings (SSSR count). The summed E-state index contributed by atoms with van der Waals surface area (Å²) in [5, 5.41) is 17.6. The topological polar surface area (TPSA) is 112 Å². The Kier molecular flexibility index (Phi) is 3.37. The van der Waals surface area contributed by atoms with E-state index in [1.807, 2.05) is 12.3 Å². The molecule has 0 aliphatic rings. The summed E-state index contributed by atoms with van der Waals surface area (Å²) in [4.78, 5) is 14.1. The van der Waals surface area contributed by atoms with Crippen LogP contribution in [0.1, 0.15) is 0 Å². The van der Waals surface area contributed by atoms with Gasteiger partial charge in [-0.2, -0.15) is 5.10 Å². The zero-order valence-corrected chi connectivity index (χ0v) is 9.48. The SMILES string of the molecule is Nc1cc([N+](=O)[O-])cc(NCCn2cccn2)n1. The normalized spacial score (nSPS) is 10.2. The van der Waals surface area contributed by atoms with E-state index >= 15 is 0 Å². The Morgan fingerprint density at radius 2 is 2.33 bits per heavy atom. The van der Waals surface area contributed by atoms with Gasteiger partial charge in [0.05, 0.1) is 23.6 Å². The molecule has 0 amide bonds. The van der Waals surface area contributed by atoms with Crippen LogP contribution in [0.3, 0.4) is 0 Å². The number of nitrogens with two attached hydrogens (primary N) is 1. The third-order valence-corrected chi connectivity index (χ3v) is 2.25. The van der Waals surface area contributed by atoms with E-state index in [-0.39, 0.29) is 11.5 Å². The summed E-state index contributed by atoms with van der Waals surface area (Å²) in [6.45, 7) is 1.19. The fourth-order valence-electron chi connectivity index (χ4n) is 1.46. The first-order valence-electron chi connectivity index (χ1n) is 5.28. The minimum atomic E-state index is -0.503. The van der Waals surface area contributed by atoms with Gasteiger partial charge in [-0.1, -0.05) is 0 Å². The van der Waals surface area contributed by atoms with E-state index in [9.17, 15) is 10.1 Å². The van der Waals surface area contributed by atoms with Crippen LogP contribution in [0.15, 0.2) is 30.6 Å². The van der Waals surface area contributed by atoms with E-state index in [4.69, 9.17) is 5.73 Å². The van der Waals surface area contributed by atoms with E-state index in [2.05, 4.69) is 15.4 Å². The van der Waals surface area contributed by atoms with Crippen LogP contribution in [-0.4, -0.2) is 26.2 Å². The summed E-state index contributed by atoms with van der Waals surface area (Å²) < 4.78 is 1.74. The molecule has 8 heteroatoms. The molecule has 18 heavy (non-hydrogen) atoms. The second-order valence-electron chi connectivity index (χ2n) is 3.59. The number of hydrogen-bond donors (Lipinski definition) is 2. The number of anilines is 2. The number of nitrogen functional groups attached to an aromatic ring is 1. The lowest BCUT2D eigenvalue weighted by molar-refractivity contribution is -0.384. The third-order valence-electron chi connectivity index (χ3n) is 2.25. The molecule has 0 bridgehead atoms. The van der Waals surface area contributed by atoms with Crippen LogP contribution >= 0.6 is 0 Å². The third kappa shape index (κ3) is 2.94. The predicted octanol–water partition coefficient (Wildman–Crippen LogP) is 0.881. The van der Waals surface area contributed by atoms with E-state index < -0.39 is 4.92 Å². The van der Waals surface area contributed by atoms with Gasteiger partial charge in [0.25, 0.3) is 5.69 Å². The van der Waals surface area contributed by atoms with Crippen molar-refractivity contribution < 1.29 is 4.92 Å². The van der Waals surface area contributed by atoms with Crippen molar-refractivity contribution in [3.05, 3.63) is 40.7 Å². The molecule has 94 valence electrons. The minimum absolute atomic E-state index is 0.0795. The smallest absolute Gasteiger partial charge is 0.276 e. The van der Waals surface area contributed by atoms with Crippen molar-refractivity contribution in [2.45, 2.75) is 6.54 Å². The Morgan fingerprint density at radius 1 is 1.50 bits per heavy atom. The van der Waals surface area contributed by atoms with Gasteiger partial charge >= 0.3 is 0 Å². The maximum atomic E-state index is 10.6. The summed E-state index contributed by atoms with van der Waals surface area (Å²) in [6, 6.07) is 4.39. The average molecular weight is 248 g/mol. The minimum Gasteiger partial charge on any atom is -0.383 e. The lowest BCUT2D eigenvalue weighted by Crippen LogP contribution is -2.12. The number of pyridine rings is 1. The second-order valence-corrected chi connectivity index (χ2v) is 3.59. The zero-order chi connectivity index (χ0) is 13.0. The van der Waals surface area contributed by atoms with Gasteiger partial charge in [-0.25, -0.2) is 4.98 Å². The molecule has 0 fully saturated rings. The molecule has 0 saturated carbocycles. The maximum absolute atomic E-state index is 10.6. The number of nitro groups is 1. The van der Waals surface area contributed by atoms with Gasteiger partial charge in [-0.15, -0.1) is 0 Å². The van der Waals surface area contributed by atoms with Gasteiger partial charge in [0, 0.05) is 18.9 Å². The molecule has 2 aromatic heterocycles. The van der Waals surface area contributed by atoms with Crippen molar-refractivity contribution in [1.29, 1.82) is 0 Å². The van der Waals surface area contributed by atoms with Crippen molar-refractivity contribution in [3.8, 4) is 0 Å². The molecule has 0 unspecified atom stereocenters. The Labute approximate surface area is 103 Å². The molecule has 0 atom stereocenters. The highest BCUT2D eigenvalue weighted by Gasteiger charge is 2.09. The quantitative estimate of drug-likeness (QED) is 0.600. The Balaban J connectivity index is 1.98. The fraction of sp³-hybridized carbons (Fsp3) is 0.200. The van der Waals surface area contributed by atoms with Crippen LogP contribution in [0, 0.1) is 10.1 Å². The van der Waals surface area contributed by atoms with Crippen LogP contribution in [0.2, 0.25) is 0 Å². The maximum Gasteiger partial charge on any atom is 0.276 e. The first-order valence-corrected chi connectivity index (χ1v) is 5.28. The first kappa shape index (κ1) is 11.8. The number of hydrogen-bond acceptors (Lipinski definition) is 6. The first-order chi connectivity index (χ1) is 8.65. The standard InChI is InChI=1S/C10H12N6O2/c11-9-6-8(16(17)18)7-10(14-9)12-3-5-15-4-1-2-13-15/h1-2,4,6-7H,3,5H2,(H3,11,12,14). The molecule has 0 saturated heterocycles. The molecule has 8 nitrogen and oxygen atoms in total. The highest BCUT2D eigenvalue weighted by atomic mass is 16.6. The van der Waals surface area contributed by atoms with Gasteiger partial charge in [-0.05, 0) is 6.07 Å². The van der Waals surface area contributed by atoms with Crippen molar-refractivity contribution in [2.75, 3.05) is 17.6 Å². The molecule has 0 spiro atoms. The number of nitrogens with zero attached hydrogens (tertiary/aromatic N) is 4. The van der Waals surface area contributed by atoms with Gasteiger partial charge in [0.1, 0.15) is 11.6 Å². The van der Waals surface area contributed by atoms with Crippen LogP contribution in [-0.2, 0) is 6.54 Å². The highest BCUT2D eigenvalue weighted by Crippen LogP contribution is 2.18. The van der Waals surface area contributed by atoms with Gasteiger partial charge in [0.15, 0.2) is 0 Å². The molecule has 0 radical (unpaired) electrons. The van der Waals surface area contributed by atoms with Gasteiger partial charge in [0.2, 0.25) is 0 Å². The number of aromatic nitrogens is 3. The van der Waals surface area contributed by atoms with E-state index in [1.165, 1.54) is 12.1 Å². The van der Waals surface area contributed by atoms with Crippen molar-refractivity contribution in [2.24, 2.45) is 0 Å². The zero-order valence-electron chi connectivity index (χ0n) is 9.48. The highest BCUT2D eigenvalue weighted by molar-refractivity contribution is 5.52. The number of nitrogens with one attached hydrogen (secondary N) is 1. The monoisotopic (exact) mass is 248 g/mol. The van der Waals surface area contributed by atoms with Crippen molar-refractivity contribution in [3.63, 3.8) is 0 Å². The molecule has 0 aromatic carbocycles. The van der Waals surface area contributed by atoms with Crippen LogP contribution in [0.5, 0.6) is 0 Å². The molecule has 2 aromatic rings. The summed E-state index contributed by atoms with van der Waals surface area (Å²) in [5.74, 6) is 0.500. The van der Waals surface area contributed by atoms with Gasteiger partial charge in [-0.3, -0.25) is 14.8 Å². The van der Waals surface area contributed by atoms with E-state index in [0.717, 1.165) is 0 Å². The van der Waals surface area contributed by atoms with Crippen LogP contribution < -0.4 is 11.1 Å². The molecule has 0 aliphatic carbocycles. The fourth-order valence-corrected chi connectivity index (χ4v) is 1.46. The summed E-state index contributed by atoms with van der Waals surface area (Å²) in [5.41, 5.74) is 5.41. The van der Waals surface area contributed by atoms with Crippen molar-refractivity contribution in [1.82, 2.24) is 14.8 Å². The predicted molar refractivity (Wildman–Crippen MR) is 66.0 cm³/mol. The van der Waals surface area contributed by atoms with Gasteiger partial charge < -0.3 is 11.1 Å². The summed E-state index contributed by atoms with van der Waals surface area (Å²) >= 11 is 0. The lowest BCUT2D eigenvalue weighted by Gasteiger charge is -2.06. The largest absolute Gasteiger partial charge is 0.383 e. The molecule has 0 aliphatic heterocycles. The summed E-state index contributed by atoms with van der Waals surface area (Å²) in [6.07, 6.45) is 3.51.